The second-order valence-corrected chi connectivity index (χ2v) is 6.56. The van der Waals surface area contributed by atoms with Crippen LogP contribution in [0, 0.1) is 17.8 Å². The van der Waals surface area contributed by atoms with E-state index in [0.29, 0.717) is 16.1 Å². The molecule has 0 radical (unpaired) electrons. The molecule has 2 bridgehead atoms. The maximum atomic E-state index is 12.0. The van der Waals surface area contributed by atoms with Gasteiger partial charge in [-0.3, -0.25) is 4.79 Å². The summed E-state index contributed by atoms with van der Waals surface area (Å²) in [4.78, 5) is 12.0. The van der Waals surface area contributed by atoms with Crippen molar-refractivity contribution < 1.29 is 4.79 Å². The lowest BCUT2D eigenvalue weighted by molar-refractivity contribution is 0.0914. The average Bonchev–Trinajstić information content (AvgIpc) is 3.03. The fourth-order valence-corrected chi connectivity index (χ4v) is 4.12. The predicted octanol–water partition coefficient (Wildman–Crippen LogP) is 1.67. The van der Waals surface area contributed by atoms with Gasteiger partial charge in [0.05, 0.1) is 0 Å². The minimum Gasteiger partial charge on any atom is -0.374 e. The van der Waals surface area contributed by atoms with E-state index in [4.69, 9.17) is 5.73 Å². The second kappa shape index (κ2) is 4.50. The highest BCUT2D eigenvalue weighted by molar-refractivity contribution is 7.16. The Morgan fingerprint density at radius 1 is 1.44 bits per heavy atom. The van der Waals surface area contributed by atoms with Gasteiger partial charge in [0, 0.05) is 6.04 Å². The molecular weight excluding hydrogens is 248 g/mol. The summed E-state index contributed by atoms with van der Waals surface area (Å²) in [6.45, 7) is 2.10. The molecule has 1 amide bonds. The number of nitrogens with zero attached hydrogens (tertiary/aromatic N) is 2. The van der Waals surface area contributed by atoms with E-state index in [-0.39, 0.29) is 11.9 Å². The minimum atomic E-state index is -0.139. The van der Waals surface area contributed by atoms with Crippen LogP contribution >= 0.6 is 11.3 Å². The summed E-state index contributed by atoms with van der Waals surface area (Å²) in [6.07, 6.45) is 5.34. The Kier molecular flexibility index (Phi) is 2.97. The molecule has 0 saturated heterocycles. The van der Waals surface area contributed by atoms with Gasteiger partial charge in [-0.05, 0) is 43.9 Å². The van der Waals surface area contributed by atoms with E-state index in [9.17, 15) is 4.79 Å². The quantitative estimate of drug-likeness (QED) is 0.872. The maximum Gasteiger partial charge on any atom is 0.282 e. The molecule has 3 rings (SSSR count). The average molecular weight is 266 g/mol. The minimum absolute atomic E-state index is 0.139. The first kappa shape index (κ1) is 11.9. The fraction of sp³-hybridized carbons (Fsp3) is 0.750. The van der Waals surface area contributed by atoms with Crippen LogP contribution in [-0.2, 0) is 0 Å². The van der Waals surface area contributed by atoms with Crippen molar-refractivity contribution in [3.05, 3.63) is 5.01 Å². The summed E-state index contributed by atoms with van der Waals surface area (Å²) < 4.78 is 0. The SMILES string of the molecule is CC(NC(=O)c1nnc(N)s1)C1CC2CCC1C2. The third-order valence-corrected chi connectivity index (χ3v) is 5.18. The molecule has 1 aromatic rings. The van der Waals surface area contributed by atoms with Crippen molar-refractivity contribution in [2.45, 2.75) is 38.6 Å². The lowest BCUT2D eigenvalue weighted by Crippen LogP contribution is -2.40. The first-order valence-electron chi connectivity index (χ1n) is 6.53. The molecule has 2 fully saturated rings. The topological polar surface area (TPSA) is 80.9 Å². The molecule has 0 aromatic carbocycles. The van der Waals surface area contributed by atoms with Gasteiger partial charge >= 0.3 is 0 Å². The molecule has 2 saturated carbocycles. The molecule has 1 heterocycles. The highest BCUT2D eigenvalue weighted by atomic mass is 32.1. The number of amides is 1. The number of carbonyl (C=O) groups is 1. The molecule has 18 heavy (non-hydrogen) atoms. The van der Waals surface area contributed by atoms with Crippen LogP contribution in [0.5, 0.6) is 0 Å². The molecule has 4 unspecified atom stereocenters. The van der Waals surface area contributed by atoms with Crippen LogP contribution in [0.4, 0.5) is 5.13 Å². The second-order valence-electron chi connectivity index (χ2n) is 5.55. The molecule has 0 aliphatic heterocycles. The third kappa shape index (κ3) is 2.09. The van der Waals surface area contributed by atoms with Crippen LogP contribution in [0.2, 0.25) is 0 Å². The molecule has 0 spiro atoms. The van der Waals surface area contributed by atoms with E-state index in [1.165, 1.54) is 25.7 Å². The number of nitrogen functional groups attached to an aromatic ring is 1. The van der Waals surface area contributed by atoms with Gasteiger partial charge in [-0.25, -0.2) is 0 Å². The van der Waals surface area contributed by atoms with Gasteiger partial charge in [-0.1, -0.05) is 17.8 Å². The lowest BCUT2D eigenvalue weighted by atomic mass is 9.84. The monoisotopic (exact) mass is 266 g/mol. The van der Waals surface area contributed by atoms with Gasteiger partial charge in [-0.2, -0.15) is 0 Å². The number of anilines is 1. The molecule has 2 aliphatic rings. The highest BCUT2D eigenvalue weighted by Gasteiger charge is 2.42. The van der Waals surface area contributed by atoms with Crippen molar-refractivity contribution in [1.82, 2.24) is 15.5 Å². The summed E-state index contributed by atoms with van der Waals surface area (Å²) in [5.74, 6) is 2.21. The van der Waals surface area contributed by atoms with Gasteiger partial charge in [0.1, 0.15) is 0 Å². The number of rotatable bonds is 3. The first-order chi connectivity index (χ1) is 8.63. The molecule has 1 aromatic heterocycles. The molecule has 3 N–H and O–H groups in total. The molecule has 2 aliphatic carbocycles. The summed E-state index contributed by atoms with van der Waals surface area (Å²) in [7, 11) is 0. The predicted molar refractivity (Wildman–Crippen MR) is 70.2 cm³/mol. The molecule has 98 valence electrons. The zero-order valence-corrected chi connectivity index (χ0v) is 11.2. The van der Waals surface area contributed by atoms with Gasteiger partial charge in [0.25, 0.3) is 5.91 Å². The van der Waals surface area contributed by atoms with Crippen LogP contribution in [0.15, 0.2) is 0 Å². The Balaban J connectivity index is 1.61. The molecule has 5 nitrogen and oxygen atoms in total. The molecular formula is C12H18N4OS. The summed E-state index contributed by atoms with van der Waals surface area (Å²) >= 11 is 1.14. The zero-order chi connectivity index (χ0) is 12.7. The largest absolute Gasteiger partial charge is 0.374 e. The Morgan fingerprint density at radius 3 is 2.83 bits per heavy atom. The van der Waals surface area contributed by atoms with Crippen molar-refractivity contribution in [3.63, 3.8) is 0 Å². The number of hydrogen-bond donors (Lipinski definition) is 2. The summed E-state index contributed by atoms with van der Waals surface area (Å²) in [5, 5.41) is 11.2. The number of nitrogens with one attached hydrogen (secondary N) is 1. The standard InChI is InChI=1S/C12H18N4OS/c1-6(9-5-7-2-3-8(9)4-7)14-10(17)11-15-16-12(13)18-11/h6-9H,2-5H2,1H3,(H2,13,16)(H,14,17). The van der Waals surface area contributed by atoms with E-state index in [2.05, 4.69) is 22.4 Å². The Morgan fingerprint density at radius 2 is 2.28 bits per heavy atom. The van der Waals surface area contributed by atoms with E-state index >= 15 is 0 Å². The smallest absolute Gasteiger partial charge is 0.282 e. The van der Waals surface area contributed by atoms with Crippen LogP contribution in [0.1, 0.15) is 42.4 Å². The molecule has 4 atom stereocenters. The van der Waals surface area contributed by atoms with Crippen LogP contribution < -0.4 is 11.1 Å². The Bertz CT molecular complexity index is 461. The van der Waals surface area contributed by atoms with Crippen molar-refractivity contribution in [2.24, 2.45) is 17.8 Å². The van der Waals surface area contributed by atoms with E-state index < -0.39 is 0 Å². The van der Waals surface area contributed by atoms with Gasteiger partial charge in [0.2, 0.25) is 10.1 Å². The van der Waals surface area contributed by atoms with Gasteiger partial charge in [0.15, 0.2) is 0 Å². The fourth-order valence-electron chi connectivity index (χ4n) is 3.61. The third-order valence-electron chi connectivity index (χ3n) is 4.43. The van der Waals surface area contributed by atoms with Gasteiger partial charge < -0.3 is 11.1 Å². The van der Waals surface area contributed by atoms with Crippen molar-refractivity contribution >= 4 is 22.4 Å². The highest BCUT2D eigenvalue weighted by Crippen LogP contribution is 2.49. The number of aromatic nitrogens is 2. The van der Waals surface area contributed by atoms with Crippen molar-refractivity contribution in [2.75, 3.05) is 5.73 Å². The zero-order valence-electron chi connectivity index (χ0n) is 10.4. The lowest BCUT2D eigenvalue weighted by Gasteiger charge is -2.28. The van der Waals surface area contributed by atoms with Crippen LogP contribution in [0.3, 0.4) is 0 Å². The first-order valence-corrected chi connectivity index (χ1v) is 7.35. The normalized spacial score (nSPS) is 31.5. The van der Waals surface area contributed by atoms with Gasteiger partial charge in [-0.15, -0.1) is 10.2 Å². The summed E-state index contributed by atoms with van der Waals surface area (Å²) in [6, 6.07) is 0.220. The van der Waals surface area contributed by atoms with Crippen LogP contribution in [0.25, 0.3) is 0 Å². The van der Waals surface area contributed by atoms with Crippen LogP contribution in [-0.4, -0.2) is 22.1 Å². The van der Waals surface area contributed by atoms with E-state index in [0.717, 1.165) is 23.2 Å². The number of carbonyl (C=O) groups excluding carboxylic acids is 1. The number of nitrogens with two attached hydrogens (primary N) is 1. The summed E-state index contributed by atoms with van der Waals surface area (Å²) in [5.41, 5.74) is 5.48. The molecule has 6 heteroatoms. The van der Waals surface area contributed by atoms with E-state index in [1.807, 2.05) is 0 Å². The Labute approximate surface area is 110 Å². The maximum absolute atomic E-state index is 12.0. The number of fused-ring (bicyclic) bond motifs is 2. The number of hydrogen-bond acceptors (Lipinski definition) is 5. The van der Waals surface area contributed by atoms with E-state index in [1.54, 1.807) is 0 Å². The van der Waals surface area contributed by atoms with Crippen molar-refractivity contribution in [3.8, 4) is 0 Å². The Hall–Kier alpha value is -1.17. The van der Waals surface area contributed by atoms with Crippen molar-refractivity contribution in [1.29, 1.82) is 0 Å².